The Balaban J connectivity index is 1.88. The third-order valence-corrected chi connectivity index (χ3v) is 5.67. The highest BCUT2D eigenvalue weighted by Crippen LogP contribution is 2.36. The molecule has 1 atom stereocenters. The average molecular weight is 319 g/mol. The highest BCUT2D eigenvalue weighted by molar-refractivity contribution is 7.89. The standard InChI is InChI=1S/C15H29NO4S/c16-21(17,18)13-15(8-4-1-2-5-9-15)12-19-11-14-7-3-6-10-20-14/h14H,1-13H2,(H2,16,17,18). The smallest absolute Gasteiger partial charge is 0.209 e. The van der Waals surface area contributed by atoms with Crippen LogP contribution < -0.4 is 5.14 Å². The molecule has 1 unspecified atom stereocenters. The van der Waals surface area contributed by atoms with E-state index in [0.717, 1.165) is 45.1 Å². The Morgan fingerprint density at radius 2 is 1.81 bits per heavy atom. The summed E-state index contributed by atoms with van der Waals surface area (Å²) in [4.78, 5) is 0. The van der Waals surface area contributed by atoms with Crippen LogP contribution in [0, 0.1) is 5.41 Å². The van der Waals surface area contributed by atoms with Crippen molar-refractivity contribution in [3.63, 3.8) is 0 Å². The molecule has 2 fully saturated rings. The van der Waals surface area contributed by atoms with E-state index in [2.05, 4.69) is 0 Å². The summed E-state index contributed by atoms with van der Waals surface area (Å²) >= 11 is 0. The summed E-state index contributed by atoms with van der Waals surface area (Å²) in [5.74, 6) is 0.0471. The summed E-state index contributed by atoms with van der Waals surface area (Å²) in [6, 6.07) is 0. The van der Waals surface area contributed by atoms with Gasteiger partial charge >= 0.3 is 0 Å². The molecule has 5 nitrogen and oxygen atoms in total. The van der Waals surface area contributed by atoms with Gasteiger partial charge in [-0.05, 0) is 32.1 Å². The van der Waals surface area contributed by atoms with Crippen molar-refractivity contribution in [2.45, 2.75) is 63.9 Å². The minimum atomic E-state index is -3.46. The number of primary sulfonamides is 1. The highest BCUT2D eigenvalue weighted by Gasteiger charge is 2.35. The van der Waals surface area contributed by atoms with Gasteiger partial charge < -0.3 is 9.47 Å². The summed E-state index contributed by atoms with van der Waals surface area (Å²) in [5, 5.41) is 5.31. The van der Waals surface area contributed by atoms with Gasteiger partial charge in [0.2, 0.25) is 10.0 Å². The molecule has 0 aromatic rings. The lowest BCUT2D eigenvalue weighted by Gasteiger charge is -2.32. The van der Waals surface area contributed by atoms with E-state index in [0.29, 0.717) is 13.2 Å². The largest absolute Gasteiger partial charge is 0.378 e. The van der Waals surface area contributed by atoms with Crippen LogP contribution in [-0.2, 0) is 19.5 Å². The lowest BCUT2D eigenvalue weighted by molar-refractivity contribution is -0.0581. The molecular weight excluding hydrogens is 290 g/mol. The van der Waals surface area contributed by atoms with Gasteiger partial charge in [-0.3, -0.25) is 0 Å². The number of sulfonamides is 1. The maximum Gasteiger partial charge on any atom is 0.209 e. The Labute approximate surface area is 128 Å². The summed E-state index contributed by atoms with van der Waals surface area (Å²) in [6.45, 7) is 1.88. The van der Waals surface area contributed by atoms with Gasteiger partial charge in [-0.2, -0.15) is 0 Å². The van der Waals surface area contributed by atoms with Crippen LogP contribution in [0.5, 0.6) is 0 Å². The van der Waals surface area contributed by atoms with Gasteiger partial charge in [0.05, 0.1) is 25.1 Å². The van der Waals surface area contributed by atoms with Crippen molar-refractivity contribution in [3.8, 4) is 0 Å². The number of hydrogen-bond donors (Lipinski definition) is 1. The molecule has 21 heavy (non-hydrogen) atoms. The summed E-state index contributed by atoms with van der Waals surface area (Å²) in [6.07, 6.45) is 9.83. The molecule has 1 aliphatic heterocycles. The zero-order chi connectivity index (χ0) is 15.2. The van der Waals surface area contributed by atoms with Crippen molar-refractivity contribution in [2.75, 3.05) is 25.6 Å². The highest BCUT2D eigenvalue weighted by atomic mass is 32.2. The first-order valence-electron chi connectivity index (χ1n) is 8.19. The van der Waals surface area contributed by atoms with Gasteiger partial charge in [0.25, 0.3) is 0 Å². The van der Waals surface area contributed by atoms with Gasteiger partial charge in [0, 0.05) is 12.0 Å². The second kappa shape index (κ2) is 7.90. The molecule has 1 heterocycles. The molecule has 6 heteroatoms. The molecule has 0 amide bonds. The van der Waals surface area contributed by atoms with Crippen molar-refractivity contribution < 1.29 is 17.9 Å². The van der Waals surface area contributed by atoms with Crippen LogP contribution in [0.4, 0.5) is 0 Å². The van der Waals surface area contributed by atoms with Crippen LogP contribution >= 0.6 is 0 Å². The van der Waals surface area contributed by atoms with Crippen LogP contribution in [0.3, 0.4) is 0 Å². The third kappa shape index (κ3) is 6.22. The fourth-order valence-electron chi connectivity index (χ4n) is 3.58. The van der Waals surface area contributed by atoms with Crippen LogP contribution in [0.1, 0.15) is 57.8 Å². The zero-order valence-electron chi connectivity index (χ0n) is 12.9. The third-order valence-electron chi connectivity index (χ3n) is 4.66. The average Bonchev–Trinajstić information content (AvgIpc) is 2.64. The van der Waals surface area contributed by atoms with Crippen molar-refractivity contribution in [1.29, 1.82) is 0 Å². The molecule has 2 rings (SSSR count). The maximum atomic E-state index is 11.6. The molecule has 2 aliphatic rings. The Kier molecular flexibility index (Phi) is 6.47. The first-order valence-corrected chi connectivity index (χ1v) is 9.91. The Bertz CT molecular complexity index is 396. The molecule has 2 N–H and O–H groups in total. The van der Waals surface area contributed by atoms with Crippen LogP contribution in [0.15, 0.2) is 0 Å². The first kappa shape index (κ1) is 17.2. The molecular formula is C15H29NO4S. The maximum absolute atomic E-state index is 11.6. The lowest BCUT2D eigenvalue weighted by Crippen LogP contribution is -2.38. The van der Waals surface area contributed by atoms with E-state index in [9.17, 15) is 8.42 Å². The first-order chi connectivity index (χ1) is 9.99. The van der Waals surface area contributed by atoms with E-state index in [1.54, 1.807) is 0 Å². The lowest BCUT2D eigenvalue weighted by atomic mass is 9.83. The van der Waals surface area contributed by atoms with Gasteiger partial charge in [-0.25, -0.2) is 13.6 Å². The Hall–Kier alpha value is -0.170. The van der Waals surface area contributed by atoms with E-state index in [-0.39, 0.29) is 17.3 Å². The van der Waals surface area contributed by atoms with Gasteiger partial charge in [-0.1, -0.05) is 25.7 Å². The monoisotopic (exact) mass is 319 g/mol. The molecule has 1 aliphatic carbocycles. The van der Waals surface area contributed by atoms with E-state index < -0.39 is 10.0 Å². The Morgan fingerprint density at radius 3 is 2.38 bits per heavy atom. The normalized spacial score (nSPS) is 27.2. The van der Waals surface area contributed by atoms with E-state index in [1.165, 1.54) is 19.3 Å². The second-order valence-electron chi connectivity index (χ2n) is 6.73. The minimum Gasteiger partial charge on any atom is -0.378 e. The molecule has 1 saturated heterocycles. The van der Waals surface area contributed by atoms with Gasteiger partial charge in [0.1, 0.15) is 0 Å². The van der Waals surface area contributed by atoms with E-state index >= 15 is 0 Å². The SMILES string of the molecule is NS(=O)(=O)CC1(COCC2CCCCO2)CCCCCC1. The molecule has 0 spiro atoms. The second-order valence-corrected chi connectivity index (χ2v) is 8.34. The van der Waals surface area contributed by atoms with Crippen LogP contribution in [0.25, 0.3) is 0 Å². The molecule has 0 aromatic heterocycles. The van der Waals surface area contributed by atoms with Crippen molar-refractivity contribution in [2.24, 2.45) is 10.6 Å². The summed E-state index contributed by atoms with van der Waals surface area (Å²) in [7, 11) is -3.46. The van der Waals surface area contributed by atoms with E-state index in [1.807, 2.05) is 0 Å². The molecule has 0 radical (unpaired) electrons. The fraction of sp³-hybridized carbons (Fsp3) is 1.00. The zero-order valence-corrected chi connectivity index (χ0v) is 13.7. The number of rotatable bonds is 6. The minimum absolute atomic E-state index is 0.0471. The van der Waals surface area contributed by atoms with Crippen LogP contribution in [-0.4, -0.2) is 40.1 Å². The van der Waals surface area contributed by atoms with E-state index in [4.69, 9.17) is 14.6 Å². The van der Waals surface area contributed by atoms with Crippen molar-refractivity contribution in [1.82, 2.24) is 0 Å². The van der Waals surface area contributed by atoms with Gasteiger partial charge in [0.15, 0.2) is 0 Å². The Morgan fingerprint density at radius 1 is 1.10 bits per heavy atom. The van der Waals surface area contributed by atoms with Crippen molar-refractivity contribution in [3.05, 3.63) is 0 Å². The number of ether oxygens (including phenoxy) is 2. The predicted molar refractivity (Wildman–Crippen MR) is 82.5 cm³/mol. The molecule has 0 aromatic carbocycles. The number of nitrogens with two attached hydrogens (primary N) is 1. The summed E-state index contributed by atoms with van der Waals surface area (Å²) < 4.78 is 34.7. The topological polar surface area (TPSA) is 78.6 Å². The summed E-state index contributed by atoms with van der Waals surface area (Å²) in [5.41, 5.74) is -0.293. The molecule has 124 valence electrons. The molecule has 0 bridgehead atoms. The number of hydrogen-bond acceptors (Lipinski definition) is 4. The van der Waals surface area contributed by atoms with Crippen molar-refractivity contribution >= 4 is 10.0 Å². The fourth-order valence-corrected chi connectivity index (χ4v) is 4.81. The molecule has 1 saturated carbocycles. The van der Waals surface area contributed by atoms with Crippen LogP contribution in [0.2, 0.25) is 0 Å². The van der Waals surface area contributed by atoms with Gasteiger partial charge in [-0.15, -0.1) is 0 Å². The predicted octanol–water partition coefficient (Wildman–Crippen LogP) is 2.20. The quantitative estimate of drug-likeness (QED) is 0.761.